The highest BCUT2D eigenvalue weighted by atomic mass is 127. The van der Waals surface area contributed by atoms with Gasteiger partial charge < -0.3 is 9.47 Å². The molecule has 4 rings (SSSR count). The summed E-state index contributed by atoms with van der Waals surface area (Å²) in [6.45, 7) is 0. The number of esters is 1. The van der Waals surface area contributed by atoms with Crippen LogP contribution >= 0.6 is 22.6 Å². The Kier molecular flexibility index (Phi) is 6.99. The second-order valence-electron chi connectivity index (χ2n) is 7.00. The predicted octanol–water partition coefficient (Wildman–Crippen LogP) is 5.44. The minimum absolute atomic E-state index is 0.326. The van der Waals surface area contributed by atoms with Gasteiger partial charge in [0, 0.05) is 9.13 Å². The number of halogens is 1. The molecule has 0 fully saturated rings. The van der Waals surface area contributed by atoms with Crippen molar-refractivity contribution in [3.8, 4) is 11.5 Å². The number of nitrogens with zero attached hydrogens (tertiary/aromatic N) is 1. The number of hydrazone groups is 1. The second-order valence-corrected chi connectivity index (χ2v) is 8.16. The van der Waals surface area contributed by atoms with Crippen LogP contribution in [0.4, 0.5) is 0 Å². The number of hydrogen-bond donors (Lipinski definition) is 1. The quantitative estimate of drug-likeness (QED) is 0.114. The zero-order chi connectivity index (χ0) is 23.2. The molecule has 1 amide bonds. The van der Waals surface area contributed by atoms with Crippen molar-refractivity contribution in [3.05, 3.63) is 105 Å². The molecular formula is C26H19IN2O4. The van der Waals surface area contributed by atoms with Crippen molar-refractivity contribution in [1.82, 2.24) is 5.43 Å². The summed E-state index contributed by atoms with van der Waals surface area (Å²) in [6, 6.07) is 25.1. The molecule has 0 saturated carbocycles. The molecule has 6 nitrogen and oxygen atoms in total. The number of carbonyl (C=O) groups excluding carboxylic acids is 2. The lowest BCUT2D eigenvalue weighted by Crippen LogP contribution is -2.19. The molecule has 0 aliphatic heterocycles. The van der Waals surface area contributed by atoms with Crippen LogP contribution in [0.3, 0.4) is 0 Å². The van der Waals surface area contributed by atoms with Crippen molar-refractivity contribution in [1.29, 1.82) is 0 Å². The Morgan fingerprint density at radius 2 is 1.64 bits per heavy atom. The molecule has 33 heavy (non-hydrogen) atoms. The normalized spacial score (nSPS) is 10.8. The number of amides is 1. The van der Waals surface area contributed by atoms with Gasteiger partial charge in [-0.15, -0.1) is 0 Å². The van der Waals surface area contributed by atoms with Crippen LogP contribution in [0.25, 0.3) is 10.8 Å². The maximum Gasteiger partial charge on any atom is 0.343 e. The highest BCUT2D eigenvalue weighted by molar-refractivity contribution is 14.1. The van der Waals surface area contributed by atoms with E-state index in [4.69, 9.17) is 9.47 Å². The third-order valence-corrected chi connectivity index (χ3v) is 5.88. The molecule has 0 unspecified atom stereocenters. The van der Waals surface area contributed by atoms with Crippen molar-refractivity contribution in [3.63, 3.8) is 0 Å². The minimum atomic E-state index is -0.509. The SMILES string of the molecule is COc1ccc(C(=O)Oc2ccc3ccccc3c2/C=N\NC(=O)c2ccccc2I)cc1. The molecule has 4 aromatic rings. The Morgan fingerprint density at radius 3 is 2.39 bits per heavy atom. The van der Waals surface area contributed by atoms with E-state index in [0.717, 1.165) is 14.3 Å². The first kappa shape index (κ1) is 22.5. The monoisotopic (exact) mass is 550 g/mol. The maximum absolute atomic E-state index is 12.7. The lowest BCUT2D eigenvalue weighted by atomic mass is 10.0. The van der Waals surface area contributed by atoms with E-state index in [-0.39, 0.29) is 5.91 Å². The third kappa shape index (κ3) is 5.20. The first-order valence-corrected chi connectivity index (χ1v) is 11.1. The van der Waals surface area contributed by atoms with E-state index in [1.165, 1.54) is 6.21 Å². The molecule has 4 aromatic carbocycles. The number of fused-ring (bicyclic) bond motifs is 1. The summed E-state index contributed by atoms with van der Waals surface area (Å²) in [7, 11) is 1.56. The minimum Gasteiger partial charge on any atom is -0.497 e. The van der Waals surface area contributed by atoms with Gasteiger partial charge in [-0.3, -0.25) is 4.79 Å². The van der Waals surface area contributed by atoms with Gasteiger partial charge in [0.25, 0.3) is 5.91 Å². The smallest absolute Gasteiger partial charge is 0.343 e. The summed E-state index contributed by atoms with van der Waals surface area (Å²) in [6.07, 6.45) is 1.49. The fourth-order valence-electron chi connectivity index (χ4n) is 3.24. The molecule has 0 aliphatic rings. The summed E-state index contributed by atoms with van der Waals surface area (Å²) >= 11 is 2.10. The molecule has 0 heterocycles. The first-order chi connectivity index (χ1) is 16.1. The van der Waals surface area contributed by atoms with E-state index in [1.54, 1.807) is 49.6 Å². The van der Waals surface area contributed by atoms with Crippen LogP contribution in [-0.4, -0.2) is 25.2 Å². The van der Waals surface area contributed by atoms with Crippen molar-refractivity contribution in [2.24, 2.45) is 5.10 Å². The van der Waals surface area contributed by atoms with Crippen LogP contribution < -0.4 is 14.9 Å². The number of carbonyl (C=O) groups is 2. The third-order valence-electron chi connectivity index (χ3n) is 4.94. The van der Waals surface area contributed by atoms with E-state index in [2.05, 4.69) is 33.1 Å². The molecule has 164 valence electrons. The van der Waals surface area contributed by atoms with Crippen LogP contribution in [0.1, 0.15) is 26.3 Å². The molecule has 0 aromatic heterocycles. The zero-order valence-electron chi connectivity index (χ0n) is 17.6. The Hall–Kier alpha value is -3.72. The fraction of sp³-hybridized carbons (Fsp3) is 0.0385. The molecule has 0 radical (unpaired) electrons. The number of benzene rings is 4. The molecule has 1 N–H and O–H groups in total. The Morgan fingerprint density at radius 1 is 0.909 bits per heavy atom. The molecule has 0 spiro atoms. The summed E-state index contributed by atoms with van der Waals surface area (Å²) < 4.78 is 11.6. The second kappa shape index (κ2) is 10.3. The highest BCUT2D eigenvalue weighted by Crippen LogP contribution is 2.27. The molecule has 0 saturated heterocycles. The average molecular weight is 550 g/mol. The van der Waals surface area contributed by atoms with Crippen LogP contribution in [0.5, 0.6) is 11.5 Å². The van der Waals surface area contributed by atoms with Crippen LogP contribution in [0.15, 0.2) is 90.0 Å². The predicted molar refractivity (Wildman–Crippen MR) is 136 cm³/mol. The Labute approximate surface area is 204 Å². The zero-order valence-corrected chi connectivity index (χ0v) is 19.8. The molecule has 0 atom stereocenters. The van der Waals surface area contributed by atoms with E-state index >= 15 is 0 Å². The average Bonchev–Trinajstić information content (AvgIpc) is 2.85. The largest absolute Gasteiger partial charge is 0.497 e. The van der Waals surface area contributed by atoms with Gasteiger partial charge in [0.05, 0.1) is 24.5 Å². The number of methoxy groups -OCH3 is 1. The first-order valence-electron chi connectivity index (χ1n) is 10.0. The fourth-order valence-corrected chi connectivity index (χ4v) is 3.88. The standard InChI is InChI=1S/C26H19IN2O4/c1-32-19-13-10-18(11-14-19)26(31)33-24-15-12-17-6-2-3-7-20(17)22(24)16-28-29-25(30)21-8-4-5-9-23(21)27/h2-16H,1H3,(H,29,30)/b28-16-. The van der Waals surface area contributed by atoms with Gasteiger partial charge in [-0.2, -0.15) is 5.10 Å². The van der Waals surface area contributed by atoms with Crippen LogP contribution in [0, 0.1) is 3.57 Å². The summed E-state index contributed by atoms with van der Waals surface area (Å²) in [4.78, 5) is 25.2. The van der Waals surface area contributed by atoms with E-state index in [9.17, 15) is 9.59 Å². The molecular weight excluding hydrogens is 531 g/mol. The molecule has 0 aliphatic carbocycles. The van der Waals surface area contributed by atoms with Gasteiger partial charge in [0.2, 0.25) is 0 Å². The summed E-state index contributed by atoms with van der Waals surface area (Å²) in [5, 5.41) is 5.93. The van der Waals surface area contributed by atoms with Crippen LogP contribution in [-0.2, 0) is 0 Å². The number of rotatable bonds is 6. The summed E-state index contributed by atoms with van der Waals surface area (Å²) in [5.74, 6) is 0.148. The lowest BCUT2D eigenvalue weighted by molar-refractivity contribution is 0.0734. The number of nitrogens with one attached hydrogen (secondary N) is 1. The number of ether oxygens (including phenoxy) is 2. The van der Waals surface area contributed by atoms with Gasteiger partial charge >= 0.3 is 5.97 Å². The van der Waals surface area contributed by atoms with Gasteiger partial charge in [-0.1, -0.05) is 42.5 Å². The molecule has 0 bridgehead atoms. The van der Waals surface area contributed by atoms with Crippen molar-refractivity contribution in [2.75, 3.05) is 7.11 Å². The van der Waals surface area contributed by atoms with Gasteiger partial charge in [-0.25, -0.2) is 10.2 Å². The van der Waals surface area contributed by atoms with Crippen molar-refractivity contribution < 1.29 is 19.1 Å². The number of hydrogen-bond acceptors (Lipinski definition) is 5. The summed E-state index contributed by atoms with van der Waals surface area (Å²) in [5.41, 5.74) is 4.05. The topological polar surface area (TPSA) is 77.0 Å². The van der Waals surface area contributed by atoms with Gasteiger partial charge in [0.1, 0.15) is 11.5 Å². The van der Waals surface area contributed by atoms with Crippen molar-refractivity contribution in [2.45, 2.75) is 0 Å². The molecule has 7 heteroatoms. The Balaban J connectivity index is 1.62. The maximum atomic E-state index is 12.7. The van der Waals surface area contributed by atoms with E-state index in [0.29, 0.717) is 28.2 Å². The van der Waals surface area contributed by atoms with Crippen molar-refractivity contribution >= 4 is 51.5 Å². The Bertz CT molecular complexity index is 1350. The van der Waals surface area contributed by atoms with E-state index in [1.807, 2.05) is 42.5 Å². The van der Waals surface area contributed by atoms with Gasteiger partial charge in [-0.05, 0) is 75.8 Å². The van der Waals surface area contributed by atoms with E-state index < -0.39 is 5.97 Å². The van der Waals surface area contributed by atoms with Crippen LogP contribution in [0.2, 0.25) is 0 Å². The highest BCUT2D eigenvalue weighted by Gasteiger charge is 2.14. The lowest BCUT2D eigenvalue weighted by Gasteiger charge is -2.11. The van der Waals surface area contributed by atoms with Gasteiger partial charge in [0.15, 0.2) is 0 Å².